The average Bonchev–Trinajstić information content (AvgIpc) is 3.07. The molecule has 9 nitrogen and oxygen atoms in total. The first-order valence-corrected chi connectivity index (χ1v) is 9.39. The van der Waals surface area contributed by atoms with Crippen molar-refractivity contribution in [3.8, 4) is 0 Å². The van der Waals surface area contributed by atoms with E-state index in [0.717, 1.165) is 0 Å². The van der Waals surface area contributed by atoms with Crippen molar-refractivity contribution < 1.29 is 9.53 Å². The smallest absolute Gasteiger partial charge is 0.332 e. The number of rotatable bonds is 4. The Kier molecular flexibility index (Phi) is 5.50. The average molecular weight is 377 g/mol. The minimum atomic E-state index is -0.470. The molecule has 0 unspecified atom stereocenters. The summed E-state index contributed by atoms with van der Waals surface area (Å²) < 4.78 is 9.29. The van der Waals surface area contributed by atoms with E-state index in [1.165, 1.54) is 20.0 Å². The van der Waals surface area contributed by atoms with E-state index in [0.29, 0.717) is 39.4 Å². The summed E-state index contributed by atoms with van der Waals surface area (Å²) >= 11 is 0. The number of imidazole rings is 1. The van der Waals surface area contributed by atoms with Gasteiger partial charge in [-0.1, -0.05) is 27.7 Å². The monoisotopic (exact) mass is 377 g/mol. The van der Waals surface area contributed by atoms with Gasteiger partial charge in [-0.25, -0.2) is 19.1 Å². The molecule has 0 saturated carbocycles. The molecule has 3 heterocycles. The molecule has 0 N–H and O–H groups in total. The lowest BCUT2D eigenvalue weighted by molar-refractivity contribution is 0.0537. The van der Waals surface area contributed by atoms with Crippen LogP contribution < -0.4 is 11.2 Å². The van der Waals surface area contributed by atoms with Gasteiger partial charge >= 0.3 is 11.7 Å². The van der Waals surface area contributed by atoms with E-state index in [1.807, 2.05) is 27.7 Å². The largest absolute Gasteiger partial charge is 0.378 e. The molecule has 0 aromatic carbocycles. The molecule has 1 fully saturated rings. The van der Waals surface area contributed by atoms with Crippen molar-refractivity contribution in [1.82, 2.24) is 23.6 Å². The van der Waals surface area contributed by atoms with Crippen molar-refractivity contribution in [2.24, 2.45) is 11.8 Å². The quantitative estimate of drug-likeness (QED) is 0.792. The first-order chi connectivity index (χ1) is 12.8. The Bertz CT molecular complexity index is 947. The highest BCUT2D eigenvalue weighted by molar-refractivity contribution is 5.87. The summed E-state index contributed by atoms with van der Waals surface area (Å²) in [5.74, 6) is 0.308. The van der Waals surface area contributed by atoms with Gasteiger partial charge in [-0.05, 0) is 11.8 Å². The predicted molar refractivity (Wildman–Crippen MR) is 101 cm³/mol. The normalized spacial score (nSPS) is 15.3. The first-order valence-electron chi connectivity index (χ1n) is 9.39. The Morgan fingerprint density at radius 1 is 1.07 bits per heavy atom. The molecule has 148 valence electrons. The van der Waals surface area contributed by atoms with Gasteiger partial charge in [-0.2, -0.15) is 0 Å². The molecule has 2 aromatic heterocycles. The predicted octanol–water partition coefficient (Wildman–Crippen LogP) is 0.972. The van der Waals surface area contributed by atoms with Crippen LogP contribution in [0.5, 0.6) is 0 Å². The van der Waals surface area contributed by atoms with Gasteiger partial charge in [-0.15, -0.1) is 0 Å². The Labute approximate surface area is 157 Å². The molecule has 1 aliphatic heterocycles. The lowest BCUT2D eigenvalue weighted by Gasteiger charge is -2.26. The molecular formula is C18H27N5O4. The Balaban J connectivity index is 2.21. The number of fused-ring (bicyclic) bond motifs is 1. The number of aromatic nitrogens is 4. The van der Waals surface area contributed by atoms with Crippen molar-refractivity contribution >= 4 is 17.2 Å². The van der Waals surface area contributed by atoms with Crippen molar-refractivity contribution in [3.63, 3.8) is 0 Å². The molecule has 0 spiro atoms. The van der Waals surface area contributed by atoms with Crippen LogP contribution in [0.25, 0.3) is 11.2 Å². The Morgan fingerprint density at radius 3 is 2.26 bits per heavy atom. The maximum absolute atomic E-state index is 13.1. The second kappa shape index (κ2) is 7.67. The lowest BCUT2D eigenvalue weighted by atomic mass is 10.2. The zero-order valence-corrected chi connectivity index (χ0v) is 16.3. The molecule has 2 aromatic rings. The van der Waals surface area contributed by atoms with Crippen LogP contribution in [0.2, 0.25) is 0 Å². The first kappa shape index (κ1) is 19.3. The van der Waals surface area contributed by atoms with Gasteiger partial charge in [0.15, 0.2) is 11.2 Å². The number of hydrogen-bond acceptors (Lipinski definition) is 5. The maximum Gasteiger partial charge on any atom is 0.332 e. The van der Waals surface area contributed by atoms with Crippen molar-refractivity contribution in [2.45, 2.75) is 40.8 Å². The molecule has 3 rings (SSSR count). The van der Waals surface area contributed by atoms with Crippen molar-refractivity contribution in [3.05, 3.63) is 27.2 Å². The fourth-order valence-electron chi connectivity index (χ4n) is 3.29. The topological polar surface area (TPSA) is 91.4 Å². The van der Waals surface area contributed by atoms with Crippen LogP contribution in [0.4, 0.5) is 4.79 Å². The van der Waals surface area contributed by atoms with E-state index in [9.17, 15) is 14.4 Å². The zero-order chi connectivity index (χ0) is 19.7. The minimum absolute atomic E-state index is 0.117. The van der Waals surface area contributed by atoms with Crippen LogP contribution >= 0.6 is 0 Å². The number of morpholine rings is 1. The molecular weight excluding hydrogens is 350 g/mol. The summed E-state index contributed by atoms with van der Waals surface area (Å²) in [4.78, 5) is 44.8. The fraction of sp³-hybridized carbons (Fsp3) is 0.667. The van der Waals surface area contributed by atoms with Crippen LogP contribution in [0, 0.1) is 11.8 Å². The van der Waals surface area contributed by atoms with E-state index in [1.54, 1.807) is 4.90 Å². The minimum Gasteiger partial charge on any atom is -0.378 e. The summed E-state index contributed by atoms with van der Waals surface area (Å²) in [5.41, 5.74) is -0.422. The van der Waals surface area contributed by atoms with Crippen molar-refractivity contribution in [2.75, 3.05) is 26.3 Å². The standard InChI is InChI=1S/C18H27N5O4/c1-12(2)9-21-15-14(16(24)22(18(21)26)10-13(3)4)23(11-19-15)17(25)20-5-7-27-8-6-20/h11-13H,5-10H2,1-4H3. The SMILES string of the molecule is CC(C)Cn1c(=O)c2c(ncn2C(=O)N2CCOCC2)n(CC(C)C)c1=O. The number of hydrogen-bond donors (Lipinski definition) is 0. The second-order valence-electron chi connectivity index (χ2n) is 7.77. The molecule has 27 heavy (non-hydrogen) atoms. The zero-order valence-electron chi connectivity index (χ0n) is 16.3. The third-order valence-corrected chi connectivity index (χ3v) is 4.50. The molecule has 1 amide bonds. The Morgan fingerprint density at radius 2 is 1.67 bits per heavy atom. The third-order valence-electron chi connectivity index (χ3n) is 4.50. The van der Waals surface area contributed by atoms with E-state index in [4.69, 9.17) is 4.74 Å². The number of carbonyl (C=O) groups is 1. The van der Waals surface area contributed by atoms with Gasteiger partial charge in [-0.3, -0.25) is 13.9 Å². The van der Waals surface area contributed by atoms with Crippen molar-refractivity contribution in [1.29, 1.82) is 0 Å². The number of nitrogens with zero attached hydrogens (tertiary/aromatic N) is 5. The van der Waals surface area contributed by atoms with E-state index in [-0.39, 0.29) is 34.7 Å². The van der Waals surface area contributed by atoms with Crippen LogP contribution in [0.1, 0.15) is 27.7 Å². The van der Waals surface area contributed by atoms with Crippen LogP contribution in [-0.2, 0) is 17.8 Å². The van der Waals surface area contributed by atoms with Gasteiger partial charge in [0.25, 0.3) is 5.56 Å². The highest BCUT2D eigenvalue weighted by atomic mass is 16.5. The summed E-state index contributed by atoms with van der Waals surface area (Å²) in [6.45, 7) is 10.5. The second-order valence-corrected chi connectivity index (χ2v) is 7.77. The van der Waals surface area contributed by atoms with E-state index in [2.05, 4.69) is 4.98 Å². The molecule has 0 bridgehead atoms. The number of amides is 1. The van der Waals surface area contributed by atoms with Crippen LogP contribution in [0.3, 0.4) is 0 Å². The van der Waals surface area contributed by atoms with Crippen LogP contribution in [0.15, 0.2) is 15.9 Å². The summed E-state index contributed by atoms with van der Waals surface area (Å²) in [6, 6.07) is -0.316. The lowest BCUT2D eigenvalue weighted by Crippen LogP contribution is -2.45. The molecule has 0 aliphatic carbocycles. The van der Waals surface area contributed by atoms with Gasteiger partial charge < -0.3 is 9.64 Å². The summed E-state index contributed by atoms with van der Waals surface area (Å²) in [5, 5.41) is 0. The molecule has 1 aliphatic rings. The maximum atomic E-state index is 13.1. The highest BCUT2D eigenvalue weighted by Gasteiger charge is 2.25. The summed E-state index contributed by atoms with van der Waals surface area (Å²) in [6.07, 6.45) is 1.35. The molecule has 1 saturated heterocycles. The van der Waals surface area contributed by atoms with Gasteiger partial charge in [0.05, 0.1) is 13.2 Å². The molecule has 0 radical (unpaired) electrons. The fourth-order valence-corrected chi connectivity index (χ4v) is 3.29. The number of ether oxygens (including phenoxy) is 1. The molecule has 0 atom stereocenters. The van der Waals surface area contributed by atoms with E-state index < -0.39 is 5.56 Å². The van der Waals surface area contributed by atoms with Gasteiger partial charge in [0.1, 0.15) is 6.33 Å². The number of carbonyl (C=O) groups excluding carboxylic acids is 1. The van der Waals surface area contributed by atoms with Gasteiger partial charge in [0, 0.05) is 26.2 Å². The van der Waals surface area contributed by atoms with Crippen LogP contribution in [-0.4, -0.2) is 55.9 Å². The summed E-state index contributed by atoms with van der Waals surface area (Å²) in [7, 11) is 0. The van der Waals surface area contributed by atoms with Gasteiger partial charge in [0.2, 0.25) is 0 Å². The highest BCUT2D eigenvalue weighted by Crippen LogP contribution is 2.12. The molecule has 9 heteroatoms. The third kappa shape index (κ3) is 3.69. The Hall–Kier alpha value is -2.42. The van der Waals surface area contributed by atoms with E-state index >= 15 is 0 Å².